The molecule has 2 aliphatic rings. The zero-order chi connectivity index (χ0) is 32.5. The van der Waals surface area contributed by atoms with Gasteiger partial charge in [0.15, 0.2) is 11.6 Å². The Morgan fingerprint density at radius 3 is 2.44 bits per heavy atom. The summed E-state index contributed by atoms with van der Waals surface area (Å²) in [4.78, 5) is 62.9. The molecule has 2 aromatic rings. The van der Waals surface area contributed by atoms with Crippen LogP contribution in [0.4, 0.5) is 0 Å². The van der Waals surface area contributed by atoms with Gasteiger partial charge in [-0.15, -0.1) is 0 Å². The van der Waals surface area contributed by atoms with E-state index in [4.69, 9.17) is 19.7 Å². The Hall–Kier alpha value is -4.36. The van der Waals surface area contributed by atoms with Crippen molar-refractivity contribution in [2.75, 3.05) is 13.2 Å². The Kier molecular flexibility index (Phi) is 11.6. The van der Waals surface area contributed by atoms with Gasteiger partial charge in [0.2, 0.25) is 11.0 Å². The summed E-state index contributed by atoms with van der Waals surface area (Å²) in [6.07, 6.45) is 0.266. The fourth-order valence-electron chi connectivity index (χ4n) is 4.23. The van der Waals surface area contributed by atoms with Gasteiger partial charge < -0.3 is 25.4 Å². The summed E-state index contributed by atoms with van der Waals surface area (Å²) in [6, 6.07) is 13.8. The van der Waals surface area contributed by atoms with Gasteiger partial charge in [0.1, 0.15) is 23.7 Å². The van der Waals surface area contributed by atoms with Gasteiger partial charge in [-0.05, 0) is 52.0 Å². The number of thioether (sulfide) groups is 1. The van der Waals surface area contributed by atoms with Crippen LogP contribution in [0.2, 0.25) is 0 Å². The van der Waals surface area contributed by atoms with E-state index in [1.54, 1.807) is 62.4 Å². The summed E-state index contributed by atoms with van der Waals surface area (Å²) in [6.45, 7) is 7.05. The Morgan fingerprint density at radius 1 is 1.11 bits per heavy atom. The van der Waals surface area contributed by atoms with Gasteiger partial charge in [-0.2, -0.15) is 5.43 Å². The molecule has 3 atom stereocenters. The van der Waals surface area contributed by atoms with Gasteiger partial charge in [0.05, 0.1) is 13.2 Å². The fourth-order valence-corrected chi connectivity index (χ4v) is 5.75. The SMILES string of the molecule is CCOC(=O)[C@H](C)N/N=[P+](\[O-])Oc1ccc(OCC/C(SC(=O)c2ccccc2)=C(\C)C(=O)N[C@@H]2C3=NC(C)=C2C(N)=N3)cc1. The molecule has 4 N–H and O–H groups in total. The lowest BCUT2D eigenvalue weighted by atomic mass is 10.1. The van der Waals surface area contributed by atoms with Crippen LogP contribution < -0.4 is 30.6 Å². The number of rotatable bonds is 14. The minimum Gasteiger partial charge on any atom is -0.574 e. The van der Waals surface area contributed by atoms with Gasteiger partial charge in [-0.1, -0.05) is 42.1 Å². The summed E-state index contributed by atoms with van der Waals surface area (Å²) in [5, 5.41) is 2.73. The number of ether oxygens (including phenoxy) is 2. The second kappa shape index (κ2) is 15.6. The van der Waals surface area contributed by atoms with Crippen molar-refractivity contribution in [2.24, 2.45) is 20.6 Å². The minimum atomic E-state index is -2.49. The molecule has 15 heteroatoms. The monoisotopic (exact) mass is 652 g/mol. The highest BCUT2D eigenvalue weighted by Gasteiger charge is 2.37. The highest BCUT2D eigenvalue weighted by molar-refractivity contribution is 8.17. The molecule has 0 aromatic heterocycles. The lowest BCUT2D eigenvalue weighted by Gasteiger charge is -2.15. The maximum absolute atomic E-state index is 13.3. The number of hydrogen-bond donors (Lipinski definition) is 3. The number of hydrogen-bond acceptors (Lipinski definition) is 12. The first-order valence-electron chi connectivity index (χ1n) is 14.0. The van der Waals surface area contributed by atoms with Gasteiger partial charge in [-0.3, -0.25) is 18.9 Å². The van der Waals surface area contributed by atoms with Crippen LogP contribution in [-0.4, -0.2) is 54.0 Å². The van der Waals surface area contributed by atoms with E-state index in [2.05, 4.69) is 25.6 Å². The Labute approximate surface area is 265 Å². The number of nitrogens with zero attached hydrogens (tertiary/aromatic N) is 3. The molecule has 2 aromatic carbocycles. The number of nitrogens with two attached hydrogens (primary N) is 1. The average Bonchev–Trinajstić information content (AvgIpc) is 3.50. The van der Waals surface area contributed by atoms with Crippen molar-refractivity contribution in [1.29, 1.82) is 0 Å². The summed E-state index contributed by atoms with van der Waals surface area (Å²) in [5.74, 6) is 0.637. The van der Waals surface area contributed by atoms with E-state index in [0.29, 0.717) is 44.7 Å². The molecule has 2 aliphatic heterocycles. The van der Waals surface area contributed by atoms with E-state index in [1.807, 2.05) is 13.0 Å². The molecule has 1 amide bonds. The standard InChI is InChI=1S/C30H33N6O7PS/c1-5-41-29(38)19(4)35-36-44(40)43-22-13-11-21(12-14-22)42-16-15-23(45-30(39)20-9-7-6-8-10-20)17(2)28(37)33-25-24-18(3)32-27(25)34-26(24)31/h6-14,19,25,35H,5,15-16H2,1-4H3,(H,33,37)(H2,31,32,34)/b23-17-/t19-,25-/m0/s1. The van der Waals surface area contributed by atoms with Crippen molar-refractivity contribution in [3.63, 3.8) is 0 Å². The summed E-state index contributed by atoms with van der Waals surface area (Å²) < 4.78 is 16.0. The second-order valence-corrected chi connectivity index (χ2v) is 11.7. The normalized spacial score (nSPS) is 16.8. The first-order valence-corrected chi connectivity index (χ1v) is 15.9. The molecule has 2 heterocycles. The van der Waals surface area contributed by atoms with Crippen molar-refractivity contribution in [1.82, 2.24) is 10.7 Å². The number of nitrogens with one attached hydrogen (secondary N) is 2. The number of amidine groups is 2. The van der Waals surface area contributed by atoms with E-state index in [1.165, 1.54) is 6.92 Å². The van der Waals surface area contributed by atoms with Crippen LogP contribution in [0.5, 0.6) is 11.5 Å². The van der Waals surface area contributed by atoms with E-state index in [-0.39, 0.29) is 36.4 Å². The molecule has 45 heavy (non-hydrogen) atoms. The lowest BCUT2D eigenvalue weighted by Crippen LogP contribution is -2.39. The van der Waals surface area contributed by atoms with Crippen molar-refractivity contribution < 1.29 is 33.3 Å². The smallest absolute Gasteiger partial charge is 0.412 e. The number of esters is 1. The van der Waals surface area contributed by atoms with E-state index in [0.717, 1.165) is 11.8 Å². The number of allylic oxidation sites excluding steroid dienone is 1. The molecular formula is C30H33N6O7PS. The fraction of sp³-hybridized carbons (Fsp3) is 0.300. The average molecular weight is 653 g/mol. The summed E-state index contributed by atoms with van der Waals surface area (Å²) >= 11 is 0.972. The van der Waals surface area contributed by atoms with Gasteiger partial charge in [0.25, 0.3) is 0 Å². The largest absolute Gasteiger partial charge is 0.574 e. The molecule has 0 aliphatic carbocycles. The van der Waals surface area contributed by atoms with Crippen molar-refractivity contribution in [3.05, 3.63) is 81.9 Å². The van der Waals surface area contributed by atoms with Crippen LogP contribution in [-0.2, 0) is 14.3 Å². The topological polar surface area (TPSA) is 189 Å². The zero-order valence-electron chi connectivity index (χ0n) is 25.1. The molecule has 1 unspecified atom stereocenters. The highest BCUT2D eigenvalue weighted by atomic mass is 32.2. The van der Waals surface area contributed by atoms with Crippen LogP contribution in [0.3, 0.4) is 0 Å². The summed E-state index contributed by atoms with van der Waals surface area (Å²) in [7, 11) is -2.49. The number of carbonyl (C=O) groups is 3. The van der Waals surface area contributed by atoms with Gasteiger partial charge in [0, 0.05) is 38.6 Å². The number of aliphatic imine (C=N–C) groups is 2. The zero-order valence-corrected chi connectivity index (χ0v) is 26.8. The van der Waals surface area contributed by atoms with Crippen LogP contribution in [0.1, 0.15) is 44.5 Å². The molecule has 0 spiro atoms. The third-order valence-electron chi connectivity index (χ3n) is 6.57. The molecule has 4 rings (SSSR count). The number of amides is 1. The van der Waals surface area contributed by atoms with Crippen LogP contribution in [0.25, 0.3) is 0 Å². The van der Waals surface area contributed by atoms with E-state index in [9.17, 15) is 19.3 Å². The Balaban J connectivity index is 1.38. The number of carbonyl (C=O) groups excluding carboxylic acids is 3. The molecular weight excluding hydrogens is 619 g/mol. The quantitative estimate of drug-likeness (QED) is 0.118. The number of fused-ring (bicyclic) bond motifs is 2. The highest BCUT2D eigenvalue weighted by Crippen LogP contribution is 2.31. The molecule has 13 nitrogen and oxygen atoms in total. The molecule has 0 saturated carbocycles. The molecule has 236 valence electrons. The minimum absolute atomic E-state index is 0.158. The lowest BCUT2D eigenvalue weighted by molar-refractivity contribution is -0.169. The molecule has 2 bridgehead atoms. The van der Waals surface area contributed by atoms with E-state index < -0.39 is 26.2 Å². The Bertz CT molecular complexity index is 1610. The van der Waals surface area contributed by atoms with Gasteiger partial charge >= 0.3 is 14.1 Å². The van der Waals surface area contributed by atoms with Crippen LogP contribution in [0, 0.1) is 0 Å². The third-order valence-corrected chi connectivity index (χ3v) is 8.39. The van der Waals surface area contributed by atoms with Crippen LogP contribution >= 0.6 is 19.9 Å². The van der Waals surface area contributed by atoms with Crippen LogP contribution in [0.15, 0.2) is 91.2 Å². The first kappa shape index (κ1) is 33.5. The molecule has 0 fully saturated rings. The summed E-state index contributed by atoms with van der Waals surface area (Å²) in [5.41, 5.74) is 10.7. The Morgan fingerprint density at radius 2 is 1.80 bits per heavy atom. The maximum atomic E-state index is 13.3. The van der Waals surface area contributed by atoms with Crippen molar-refractivity contribution >= 4 is 48.6 Å². The predicted octanol–water partition coefficient (Wildman–Crippen LogP) is 3.54. The van der Waals surface area contributed by atoms with Crippen molar-refractivity contribution in [2.45, 2.75) is 46.2 Å². The number of benzene rings is 2. The van der Waals surface area contributed by atoms with E-state index >= 15 is 0 Å². The first-order chi connectivity index (χ1) is 21.6. The maximum Gasteiger partial charge on any atom is 0.412 e. The van der Waals surface area contributed by atoms with Gasteiger partial charge in [-0.25, -0.2) is 9.98 Å². The third kappa shape index (κ3) is 8.85. The van der Waals surface area contributed by atoms with Crippen molar-refractivity contribution in [3.8, 4) is 11.5 Å². The predicted molar refractivity (Wildman–Crippen MR) is 171 cm³/mol. The second-order valence-electron chi connectivity index (χ2n) is 9.78. The molecule has 0 saturated heterocycles. The molecule has 0 radical (unpaired) electrons.